The molecule has 7 heteroatoms. The van der Waals surface area contributed by atoms with Crippen molar-refractivity contribution in [2.75, 3.05) is 19.1 Å². The topological polar surface area (TPSA) is 81.0 Å². The van der Waals surface area contributed by atoms with Crippen molar-refractivity contribution in [2.24, 2.45) is 0 Å². The second-order valence-electron chi connectivity index (χ2n) is 8.92. The van der Waals surface area contributed by atoms with E-state index < -0.39 is 11.9 Å². The molecule has 7 nitrogen and oxygen atoms in total. The summed E-state index contributed by atoms with van der Waals surface area (Å²) in [5.41, 5.74) is 3.07. The maximum atomic E-state index is 14.0. The van der Waals surface area contributed by atoms with Gasteiger partial charge in [0.05, 0.1) is 20.5 Å². The maximum Gasteiger partial charge on any atom is 0.294 e. The third-order valence-corrected chi connectivity index (χ3v) is 6.50. The van der Waals surface area contributed by atoms with E-state index in [1.807, 2.05) is 32.0 Å². The number of nitrogens with zero attached hydrogens (tertiary/aromatic N) is 1. The lowest BCUT2D eigenvalue weighted by atomic mass is 9.98. The molecule has 1 N–H and O–H groups in total. The van der Waals surface area contributed by atoms with E-state index >= 15 is 0 Å². The Balaban J connectivity index is 1.92. The lowest BCUT2D eigenvalue weighted by Crippen LogP contribution is -2.46. The Morgan fingerprint density at radius 2 is 1.80 bits per heavy atom. The molecule has 4 rings (SSSR count). The van der Waals surface area contributed by atoms with Gasteiger partial charge < -0.3 is 19.2 Å². The first-order chi connectivity index (χ1) is 16.9. The van der Waals surface area contributed by atoms with Gasteiger partial charge in [-0.25, -0.2) is 0 Å². The normalized spacial score (nSPS) is 14.4. The number of rotatable bonds is 8. The molecule has 0 saturated heterocycles. The number of carbonyl (C=O) groups excluding carboxylic acids is 2. The fourth-order valence-electron chi connectivity index (χ4n) is 4.84. The van der Waals surface area contributed by atoms with Gasteiger partial charge in [-0.2, -0.15) is 0 Å². The number of benzene rings is 2. The molecule has 0 spiro atoms. The fraction of sp³-hybridized carbons (Fsp3) is 0.357. The zero-order valence-corrected chi connectivity index (χ0v) is 20.7. The molecular formula is C28H32N2O5. The predicted molar refractivity (Wildman–Crippen MR) is 134 cm³/mol. The van der Waals surface area contributed by atoms with Crippen LogP contribution < -0.4 is 19.7 Å². The van der Waals surface area contributed by atoms with Crippen molar-refractivity contribution in [1.29, 1.82) is 0 Å². The molecule has 3 aromatic rings. The van der Waals surface area contributed by atoms with Gasteiger partial charge in [-0.3, -0.25) is 14.5 Å². The molecule has 2 aromatic carbocycles. The summed E-state index contributed by atoms with van der Waals surface area (Å²) in [6, 6.07) is 13.5. The molecule has 0 radical (unpaired) electrons. The van der Waals surface area contributed by atoms with Gasteiger partial charge in [0.15, 0.2) is 17.3 Å². The molecule has 2 amide bonds. The minimum Gasteiger partial charge on any atom is -0.493 e. The molecule has 1 saturated carbocycles. The molecule has 1 atom stereocenters. The third kappa shape index (κ3) is 5.04. The predicted octanol–water partition coefficient (Wildman–Crippen LogP) is 5.36. The van der Waals surface area contributed by atoms with Crippen molar-refractivity contribution in [3.63, 3.8) is 0 Å². The average Bonchev–Trinajstić information content (AvgIpc) is 3.57. The second kappa shape index (κ2) is 10.7. The maximum absolute atomic E-state index is 14.0. The number of nitrogens with one attached hydrogen (secondary N) is 1. The van der Waals surface area contributed by atoms with Gasteiger partial charge in [-0.15, -0.1) is 0 Å². The van der Waals surface area contributed by atoms with Gasteiger partial charge in [0.2, 0.25) is 5.91 Å². The zero-order valence-electron chi connectivity index (χ0n) is 20.7. The van der Waals surface area contributed by atoms with Gasteiger partial charge in [-0.05, 0) is 56.5 Å². The van der Waals surface area contributed by atoms with Crippen molar-refractivity contribution in [3.05, 3.63) is 77.2 Å². The van der Waals surface area contributed by atoms with Crippen molar-refractivity contribution < 1.29 is 23.5 Å². The molecule has 35 heavy (non-hydrogen) atoms. The lowest BCUT2D eigenvalue weighted by Gasteiger charge is -2.33. The Labute approximate surface area is 206 Å². The lowest BCUT2D eigenvalue weighted by molar-refractivity contribution is -0.123. The summed E-state index contributed by atoms with van der Waals surface area (Å²) in [7, 11) is 3.08. The standard InChI is InChI=1S/C28H32N2O5/c1-18-14-15-22(19(2)17-18)30(28(32)24-13-8-16-35-24)25(27(31)29-20-9-5-6-10-20)21-11-7-12-23(33-3)26(21)34-4/h7-8,11-17,20,25H,5-6,9-10H2,1-4H3,(H,29,31)/t25-/m1/s1. The van der Waals surface area contributed by atoms with Crippen LogP contribution in [0.3, 0.4) is 0 Å². The van der Waals surface area contributed by atoms with Crippen LogP contribution in [0.25, 0.3) is 0 Å². The number of hydrogen-bond donors (Lipinski definition) is 1. The number of methoxy groups -OCH3 is 2. The second-order valence-corrected chi connectivity index (χ2v) is 8.92. The molecule has 1 aliphatic rings. The first kappa shape index (κ1) is 24.4. The summed E-state index contributed by atoms with van der Waals surface area (Å²) in [5, 5.41) is 3.19. The summed E-state index contributed by atoms with van der Waals surface area (Å²) >= 11 is 0. The Morgan fingerprint density at radius 3 is 2.43 bits per heavy atom. The highest BCUT2D eigenvalue weighted by Crippen LogP contribution is 2.40. The molecule has 184 valence electrons. The van der Waals surface area contributed by atoms with E-state index in [2.05, 4.69) is 5.32 Å². The highest BCUT2D eigenvalue weighted by Gasteiger charge is 2.38. The van der Waals surface area contributed by atoms with E-state index in [-0.39, 0.29) is 17.7 Å². The largest absolute Gasteiger partial charge is 0.493 e. The molecule has 0 aliphatic heterocycles. The smallest absolute Gasteiger partial charge is 0.294 e. The summed E-state index contributed by atoms with van der Waals surface area (Å²) in [4.78, 5) is 29.4. The van der Waals surface area contributed by atoms with Crippen molar-refractivity contribution in [2.45, 2.75) is 51.6 Å². The van der Waals surface area contributed by atoms with Gasteiger partial charge in [-0.1, -0.05) is 42.7 Å². The van der Waals surface area contributed by atoms with E-state index in [0.717, 1.165) is 36.8 Å². The van der Waals surface area contributed by atoms with Gasteiger partial charge >= 0.3 is 0 Å². The Bertz CT molecular complexity index is 1180. The summed E-state index contributed by atoms with van der Waals surface area (Å²) in [6.07, 6.45) is 5.44. The van der Waals surface area contributed by atoms with Crippen LogP contribution in [0.1, 0.15) is 59.0 Å². The minimum absolute atomic E-state index is 0.0706. The van der Waals surface area contributed by atoms with Crippen LogP contribution in [-0.4, -0.2) is 32.1 Å². The number of amides is 2. The van der Waals surface area contributed by atoms with Crippen LogP contribution in [0.4, 0.5) is 5.69 Å². The summed E-state index contributed by atoms with van der Waals surface area (Å²) in [5.74, 6) is 0.338. The van der Waals surface area contributed by atoms with Gasteiger partial charge in [0.1, 0.15) is 6.04 Å². The van der Waals surface area contributed by atoms with Gasteiger partial charge in [0, 0.05) is 17.3 Å². The molecule has 1 aliphatic carbocycles. The van der Waals surface area contributed by atoms with E-state index in [9.17, 15) is 9.59 Å². The molecule has 1 fully saturated rings. The van der Waals surface area contributed by atoms with Crippen LogP contribution in [0, 0.1) is 13.8 Å². The van der Waals surface area contributed by atoms with Crippen LogP contribution in [-0.2, 0) is 4.79 Å². The fourth-order valence-corrected chi connectivity index (χ4v) is 4.84. The molecule has 0 unspecified atom stereocenters. The van der Waals surface area contributed by atoms with Crippen LogP contribution >= 0.6 is 0 Å². The van der Waals surface area contributed by atoms with Crippen LogP contribution in [0.15, 0.2) is 59.2 Å². The van der Waals surface area contributed by atoms with Gasteiger partial charge in [0.25, 0.3) is 5.91 Å². The minimum atomic E-state index is -1.01. The Morgan fingerprint density at radius 1 is 1.03 bits per heavy atom. The van der Waals surface area contributed by atoms with Crippen LogP contribution in [0.5, 0.6) is 11.5 Å². The Hall–Kier alpha value is -3.74. The van der Waals surface area contributed by atoms with E-state index in [4.69, 9.17) is 13.9 Å². The molecule has 0 bridgehead atoms. The zero-order chi connectivity index (χ0) is 24.9. The Kier molecular flexibility index (Phi) is 7.44. The summed E-state index contributed by atoms with van der Waals surface area (Å²) < 4.78 is 16.7. The molecular weight excluding hydrogens is 444 g/mol. The number of furan rings is 1. The number of hydrogen-bond acceptors (Lipinski definition) is 5. The molecule has 1 heterocycles. The first-order valence-corrected chi connectivity index (χ1v) is 11.9. The number of ether oxygens (including phenoxy) is 2. The SMILES string of the molecule is COc1cccc([C@H](C(=O)NC2CCCC2)N(C(=O)c2ccco2)c2ccc(C)cc2C)c1OC. The van der Waals surface area contributed by atoms with E-state index in [0.29, 0.717) is 22.7 Å². The van der Waals surface area contributed by atoms with Crippen molar-refractivity contribution >= 4 is 17.5 Å². The number of carbonyl (C=O) groups is 2. The first-order valence-electron chi connectivity index (χ1n) is 11.9. The third-order valence-electron chi connectivity index (χ3n) is 6.50. The average molecular weight is 477 g/mol. The van der Waals surface area contributed by atoms with E-state index in [1.54, 1.807) is 37.4 Å². The highest BCUT2D eigenvalue weighted by atomic mass is 16.5. The van der Waals surface area contributed by atoms with Crippen LogP contribution in [0.2, 0.25) is 0 Å². The molecule has 1 aromatic heterocycles. The monoisotopic (exact) mass is 476 g/mol. The quantitative estimate of drug-likeness (QED) is 0.473. The summed E-state index contributed by atoms with van der Waals surface area (Å²) in [6.45, 7) is 3.92. The number of anilines is 1. The van der Waals surface area contributed by atoms with Crippen molar-refractivity contribution in [3.8, 4) is 11.5 Å². The number of para-hydroxylation sites is 1. The number of aryl methyl sites for hydroxylation is 2. The van der Waals surface area contributed by atoms with Crippen molar-refractivity contribution in [1.82, 2.24) is 5.32 Å². The highest BCUT2D eigenvalue weighted by molar-refractivity contribution is 6.09. The van der Waals surface area contributed by atoms with E-state index in [1.165, 1.54) is 18.3 Å².